The average Bonchev–Trinajstić information content (AvgIpc) is 2.76. The van der Waals surface area contributed by atoms with Crippen LogP contribution in [0.2, 0.25) is 5.02 Å². The first kappa shape index (κ1) is 23.6. The van der Waals surface area contributed by atoms with Gasteiger partial charge in [-0.1, -0.05) is 29.3 Å². The lowest BCUT2D eigenvalue weighted by Crippen LogP contribution is -2.31. The summed E-state index contributed by atoms with van der Waals surface area (Å²) < 4.78 is 46.2. The second-order valence-electron chi connectivity index (χ2n) is 7.14. The van der Waals surface area contributed by atoms with Crippen molar-refractivity contribution in [3.8, 4) is 5.75 Å². The number of hydrogen-bond donors (Lipinski definition) is 1. The Morgan fingerprint density at radius 2 is 1.72 bits per heavy atom. The van der Waals surface area contributed by atoms with E-state index < -0.39 is 15.8 Å². The Balaban J connectivity index is 1.67. The molecule has 0 aliphatic rings. The van der Waals surface area contributed by atoms with Gasteiger partial charge in [0.2, 0.25) is 0 Å². The molecule has 0 aliphatic heterocycles. The molecule has 0 radical (unpaired) electrons. The van der Waals surface area contributed by atoms with Gasteiger partial charge in [0.25, 0.3) is 15.9 Å². The van der Waals surface area contributed by atoms with Crippen molar-refractivity contribution in [2.45, 2.75) is 11.8 Å². The Bertz CT molecular complexity index is 1200. The highest BCUT2D eigenvalue weighted by Crippen LogP contribution is 2.26. The highest BCUT2D eigenvalue weighted by molar-refractivity contribution is 7.92. The number of aryl methyl sites for hydroxylation is 1. The summed E-state index contributed by atoms with van der Waals surface area (Å²) in [5, 5.41) is 0.123. The molecule has 0 bridgehead atoms. The molecular formula is C23H22ClFN2O4S. The van der Waals surface area contributed by atoms with Gasteiger partial charge in [0.1, 0.15) is 18.2 Å². The van der Waals surface area contributed by atoms with Crippen LogP contribution in [0.3, 0.4) is 0 Å². The third-order valence-electron chi connectivity index (χ3n) is 4.64. The molecule has 9 heteroatoms. The maximum Gasteiger partial charge on any atom is 0.261 e. The first-order valence-corrected chi connectivity index (χ1v) is 11.5. The highest BCUT2D eigenvalue weighted by Gasteiger charge is 2.19. The molecule has 3 aromatic carbocycles. The largest absolute Gasteiger partial charge is 0.492 e. The molecule has 32 heavy (non-hydrogen) atoms. The zero-order valence-corrected chi connectivity index (χ0v) is 19.1. The van der Waals surface area contributed by atoms with Gasteiger partial charge >= 0.3 is 0 Å². The van der Waals surface area contributed by atoms with Crippen LogP contribution in [0.25, 0.3) is 0 Å². The van der Waals surface area contributed by atoms with E-state index in [0.29, 0.717) is 18.9 Å². The zero-order chi connectivity index (χ0) is 23.3. The van der Waals surface area contributed by atoms with E-state index in [9.17, 15) is 17.6 Å². The lowest BCUT2D eigenvalue weighted by atomic mass is 10.2. The van der Waals surface area contributed by atoms with Gasteiger partial charge in [-0.05, 0) is 61.5 Å². The molecule has 168 valence electrons. The summed E-state index contributed by atoms with van der Waals surface area (Å²) in [7, 11) is -2.39. The number of rotatable bonds is 8. The molecule has 0 atom stereocenters. The van der Waals surface area contributed by atoms with Crippen molar-refractivity contribution in [1.82, 2.24) is 4.90 Å². The van der Waals surface area contributed by atoms with Crippen LogP contribution in [-0.2, 0) is 10.0 Å². The van der Waals surface area contributed by atoms with E-state index in [1.165, 1.54) is 23.1 Å². The van der Waals surface area contributed by atoms with Gasteiger partial charge in [-0.25, -0.2) is 12.8 Å². The normalized spacial score (nSPS) is 11.1. The third-order valence-corrected chi connectivity index (χ3v) is 6.36. The predicted octanol–water partition coefficient (Wildman–Crippen LogP) is 4.74. The van der Waals surface area contributed by atoms with Crippen LogP contribution >= 0.6 is 11.6 Å². The second-order valence-corrected chi connectivity index (χ2v) is 9.23. The fourth-order valence-electron chi connectivity index (χ4n) is 2.81. The summed E-state index contributed by atoms with van der Waals surface area (Å²) in [5.74, 6) is -0.166. The van der Waals surface area contributed by atoms with Gasteiger partial charge in [-0.2, -0.15) is 0 Å². The molecule has 0 saturated carbocycles. The van der Waals surface area contributed by atoms with Crippen molar-refractivity contribution in [3.05, 3.63) is 88.7 Å². The molecule has 0 saturated heterocycles. The number of halogens is 2. The van der Waals surface area contributed by atoms with Gasteiger partial charge in [0.15, 0.2) is 0 Å². The SMILES string of the molecule is Cc1ccc(OCCN(C)C(=O)c2ccc(Cl)c(NS(=O)(=O)c3ccc(F)cc3)c2)cc1. The van der Waals surface area contributed by atoms with Crippen molar-refractivity contribution in [2.75, 3.05) is 24.9 Å². The molecule has 0 unspecified atom stereocenters. The molecule has 0 heterocycles. The number of benzene rings is 3. The topological polar surface area (TPSA) is 75.7 Å². The molecule has 1 N–H and O–H groups in total. The quantitative estimate of drug-likeness (QED) is 0.509. The lowest BCUT2D eigenvalue weighted by molar-refractivity contribution is 0.0774. The van der Waals surface area contributed by atoms with E-state index in [1.807, 2.05) is 31.2 Å². The number of nitrogens with zero attached hydrogens (tertiary/aromatic N) is 1. The van der Waals surface area contributed by atoms with Crippen LogP contribution in [0.1, 0.15) is 15.9 Å². The number of ether oxygens (including phenoxy) is 1. The summed E-state index contributed by atoms with van der Waals surface area (Å²) in [6.07, 6.45) is 0. The summed E-state index contributed by atoms with van der Waals surface area (Å²) >= 11 is 6.13. The summed E-state index contributed by atoms with van der Waals surface area (Å²) in [4.78, 5) is 14.1. The molecule has 0 fully saturated rings. The van der Waals surface area contributed by atoms with Crippen LogP contribution in [0.4, 0.5) is 10.1 Å². The Morgan fingerprint density at radius 1 is 1.06 bits per heavy atom. The lowest BCUT2D eigenvalue weighted by Gasteiger charge is -2.18. The van der Waals surface area contributed by atoms with Crippen LogP contribution < -0.4 is 9.46 Å². The fraction of sp³-hybridized carbons (Fsp3) is 0.174. The Morgan fingerprint density at radius 3 is 2.38 bits per heavy atom. The molecule has 6 nitrogen and oxygen atoms in total. The number of carbonyl (C=O) groups excluding carboxylic acids is 1. The van der Waals surface area contributed by atoms with E-state index in [4.69, 9.17) is 16.3 Å². The Hall–Kier alpha value is -3.10. The number of sulfonamides is 1. The Kier molecular flexibility index (Phi) is 7.37. The second kappa shape index (κ2) is 10.0. The predicted molar refractivity (Wildman–Crippen MR) is 122 cm³/mol. The minimum absolute atomic E-state index is 0.0474. The van der Waals surface area contributed by atoms with Crippen LogP contribution in [-0.4, -0.2) is 39.4 Å². The Labute approximate surface area is 191 Å². The number of nitrogens with one attached hydrogen (secondary N) is 1. The number of likely N-dealkylation sites (N-methyl/N-ethyl adjacent to an activating group) is 1. The van der Waals surface area contributed by atoms with E-state index in [1.54, 1.807) is 7.05 Å². The van der Waals surface area contributed by atoms with Crippen molar-refractivity contribution in [3.63, 3.8) is 0 Å². The standard InChI is InChI=1S/C23H22ClFN2O4S/c1-16-3-8-19(9-4-16)31-14-13-27(2)23(28)17-5-12-21(24)22(15-17)26-32(29,30)20-10-6-18(25)7-11-20/h3-12,15,26H,13-14H2,1-2H3. The van der Waals surface area contributed by atoms with Gasteiger partial charge in [-0.3, -0.25) is 9.52 Å². The molecular weight excluding hydrogens is 455 g/mol. The van der Waals surface area contributed by atoms with E-state index in [-0.39, 0.29) is 27.1 Å². The van der Waals surface area contributed by atoms with Gasteiger partial charge in [0.05, 0.1) is 22.2 Å². The third kappa shape index (κ3) is 5.99. The molecule has 3 rings (SSSR count). The number of carbonyl (C=O) groups is 1. The molecule has 1 amide bonds. The first-order valence-electron chi connectivity index (χ1n) is 9.68. The van der Waals surface area contributed by atoms with Crippen molar-refractivity contribution in [2.24, 2.45) is 0 Å². The minimum Gasteiger partial charge on any atom is -0.492 e. The number of amides is 1. The maximum absolute atomic E-state index is 13.1. The van der Waals surface area contributed by atoms with Gasteiger partial charge in [-0.15, -0.1) is 0 Å². The molecule has 0 spiro atoms. The minimum atomic E-state index is -4.01. The van der Waals surface area contributed by atoms with Crippen molar-refractivity contribution in [1.29, 1.82) is 0 Å². The molecule has 0 aliphatic carbocycles. The maximum atomic E-state index is 13.1. The van der Waals surface area contributed by atoms with E-state index in [0.717, 1.165) is 29.8 Å². The van der Waals surface area contributed by atoms with E-state index in [2.05, 4.69) is 4.72 Å². The van der Waals surface area contributed by atoms with Gasteiger partial charge < -0.3 is 9.64 Å². The molecule has 3 aromatic rings. The monoisotopic (exact) mass is 476 g/mol. The van der Waals surface area contributed by atoms with Crippen molar-refractivity contribution >= 4 is 33.2 Å². The van der Waals surface area contributed by atoms with Crippen LogP contribution in [0.15, 0.2) is 71.6 Å². The summed E-state index contributed by atoms with van der Waals surface area (Å²) in [5.41, 5.74) is 1.42. The van der Waals surface area contributed by atoms with Crippen LogP contribution in [0.5, 0.6) is 5.75 Å². The average molecular weight is 477 g/mol. The fourth-order valence-corrected chi connectivity index (χ4v) is 4.10. The van der Waals surface area contributed by atoms with E-state index >= 15 is 0 Å². The first-order chi connectivity index (χ1) is 15.2. The highest BCUT2D eigenvalue weighted by atomic mass is 35.5. The summed E-state index contributed by atoms with van der Waals surface area (Å²) in [6, 6.07) is 16.3. The molecule has 0 aromatic heterocycles. The zero-order valence-electron chi connectivity index (χ0n) is 17.5. The van der Waals surface area contributed by atoms with Crippen LogP contribution in [0, 0.1) is 12.7 Å². The van der Waals surface area contributed by atoms with Gasteiger partial charge in [0, 0.05) is 12.6 Å². The van der Waals surface area contributed by atoms with Crippen molar-refractivity contribution < 1.29 is 22.3 Å². The summed E-state index contributed by atoms with van der Waals surface area (Å²) in [6.45, 7) is 2.60. The smallest absolute Gasteiger partial charge is 0.261 e. The number of hydrogen-bond acceptors (Lipinski definition) is 4. The number of anilines is 1.